The molecule has 47 heavy (non-hydrogen) atoms. The molecule has 14 heteroatoms. The highest BCUT2D eigenvalue weighted by Crippen LogP contribution is 2.38. The molecule has 4 aliphatic rings. The molecule has 258 valence electrons. The average Bonchev–Trinajstić information content (AvgIpc) is 3.78. The number of benzene rings is 1. The standard InChI is InChI=1S/C33H46N4O10/c1-6-44-31(41)34-26(19-10-8-7-9-11-19)28(38)35-27(33(2,3)4)29(39)37-17-22(14-23(37)30(40)43-5)47-32(42)36-15-20-12-24-25(46-18-45-24)13-21(20)16-36/h12-13,19,22-23,26-27H,6-11,14-18H2,1-5H3,(H,34,41)(H,35,38)/t22-,23?,26+,27-/m1/s1. The van der Waals surface area contributed by atoms with Gasteiger partial charge in [0, 0.05) is 19.5 Å². The molecule has 1 aliphatic carbocycles. The Balaban J connectivity index is 1.28. The van der Waals surface area contributed by atoms with Gasteiger partial charge in [-0.15, -0.1) is 0 Å². The van der Waals surface area contributed by atoms with Crippen LogP contribution in [0.2, 0.25) is 0 Å². The monoisotopic (exact) mass is 658 g/mol. The molecule has 4 atom stereocenters. The number of alkyl carbamates (subject to hydrolysis) is 1. The van der Waals surface area contributed by atoms with Gasteiger partial charge in [-0.3, -0.25) is 14.5 Å². The Kier molecular flexibility index (Phi) is 10.4. The summed E-state index contributed by atoms with van der Waals surface area (Å²) in [4.78, 5) is 69.5. The molecule has 1 aromatic rings. The normalized spacial score (nSPS) is 21.8. The summed E-state index contributed by atoms with van der Waals surface area (Å²) in [5, 5.41) is 5.61. The van der Waals surface area contributed by atoms with Gasteiger partial charge in [0.05, 0.1) is 20.3 Å². The lowest BCUT2D eigenvalue weighted by Gasteiger charge is -2.37. The minimum Gasteiger partial charge on any atom is -0.467 e. The highest BCUT2D eigenvalue weighted by atomic mass is 16.7. The number of hydrogen-bond acceptors (Lipinski definition) is 10. The number of ether oxygens (including phenoxy) is 5. The molecule has 3 heterocycles. The fraction of sp³-hybridized carbons (Fsp3) is 0.667. The highest BCUT2D eigenvalue weighted by molar-refractivity contribution is 5.94. The molecule has 2 fully saturated rings. The predicted molar refractivity (Wildman–Crippen MR) is 166 cm³/mol. The lowest BCUT2D eigenvalue weighted by molar-refractivity contribution is -0.153. The zero-order valence-corrected chi connectivity index (χ0v) is 27.8. The van der Waals surface area contributed by atoms with Crippen LogP contribution in [0.4, 0.5) is 9.59 Å². The lowest BCUT2D eigenvalue weighted by atomic mass is 9.82. The Hall–Kier alpha value is -4.23. The molecule has 3 aliphatic heterocycles. The van der Waals surface area contributed by atoms with Crippen LogP contribution in [0.5, 0.6) is 11.5 Å². The summed E-state index contributed by atoms with van der Waals surface area (Å²) < 4.78 is 26.8. The van der Waals surface area contributed by atoms with Crippen LogP contribution < -0.4 is 20.1 Å². The minimum atomic E-state index is -1.06. The maximum absolute atomic E-state index is 14.2. The van der Waals surface area contributed by atoms with Crippen molar-refractivity contribution in [1.82, 2.24) is 20.4 Å². The van der Waals surface area contributed by atoms with Crippen molar-refractivity contribution in [2.45, 2.75) is 104 Å². The molecule has 0 spiro atoms. The van der Waals surface area contributed by atoms with E-state index in [1.807, 2.05) is 32.9 Å². The molecular formula is C33H46N4O10. The van der Waals surface area contributed by atoms with E-state index in [4.69, 9.17) is 23.7 Å². The van der Waals surface area contributed by atoms with Gasteiger partial charge in [0.2, 0.25) is 18.6 Å². The average molecular weight is 659 g/mol. The second-order valence-electron chi connectivity index (χ2n) is 13.6. The number of carbonyl (C=O) groups excluding carboxylic acids is 5. The number of amides is 4. The zero-order valence-electron chi connectivity index (χ0n) is 27.8. The predicted octanol–water partition coefficient (Wildman–Crippen LogP) is 3.24. The SMILES string of the molecule is CCOC(=O)N[C@H](C(=O)N[C@H](C(=O)N1C[C@H](OC(=O)N2Cc3cc4c(cc3C2)OCO4)CC1C(=O)OC)C(C)(C)C)C1CCCCC1. The van der Waals surface area contributed by atoms with Crippen LogP contribution in [0.25, 0.3) is 0 Å². The zero-order chi connectivity index (χ0) is 33.9. The summed E-state index contributed by atoms with van der Waals surface area (Å²) >= 11 is 0. The molecule has 5 rings (SSSR count). The van der Waals surface area contributed by atoms with Crippen LogP contribution in [0, 0.1) is 11.3 Å². The second-order valence-corrected chi connectivity index (χ2v) is 13.6. The van der Waals surface area contributed by atoms with Gasteiger partial charge in [-0.2, -0.15) is 0 Å². The Morgan fingerprint density at radius 2 is 1.62 bits per heavy atom. The summed E-state index contributed by atoms with van der Waals surface area (Å²) in [7, 11) is 1.23. The summed E-state index contributed by atoms with van der Waals surface area (Å²) in [5.41, 5.74) is 1.07. The van der Waals surface area contributed by atoms with E-state index in [1.54, 1.807) is 6.92 Å². The molecule has 4 amide bonds. The van der Waals surface area contributed by atoms with Crippen molar-refractivity contribution in [3.05, 3.63) is 23.3 Å². The van der Waals surface area contributed by atoms with Gasteiger partial charge in [0.15, 0.2) is 11.5 Å². The third-order valence-corrected chi connectivity index (χ3v) is 9.31. The molecule has 0 bridgehead atoms. The van der Waals surface area contributed by atoms with E-state index >= 15 is 0 Å². The molecule has 1 aromatic carbocycles. The van der Waals surface area contributed by atoms with Gasteiger partial charge in [0.1, 0.15) is 24.2 Å². The van der Waals surface area contributed by atoms with Crippen molar-refractivity contribution in [2.24, 2.45) is 11.3 Å². The van der Waals surface area contributed by atoms with Gasteiger partial charge < -0.3 is 39.2 Å². The fourth-order valence-corrected chi connectivity index (χ4v) is 6.83. The second kappa shape index (κ2) is 14.3. The van der Waals surface area contributed by atoms with Crippen LogP contribution in [0.3, 0.4) is 0 Å². The van der Waals surface area contributed by atoms with Crippen LogP contribution >= 0.6 is 0 Å². The topological polar surface area (TPSA) is 162 Å². The van der Waals surface area contributed by atoms with Crippen molar-refractivity contribution in [1.29, 1.82) is 0 Å². The maximum atomic E-state index is 14.2. The summed E-state index contributed by atoms with van der Waals surface area (Å²) in [5.74, 6) is -0.506. The van der Waals surface area contributed by atoms with Crippen molar-refractivity contribution >= 4 is 30.0 Å². The van der Waals surface area contributed by atoms with E-state index in [0.29, 0.717) is 24.6 Å². The molecule has 0 aromatic heterocycles. The Morgan fingerprint density at radius 3 is 2.19 bits per heavy atom. The van der Waals surface area contributed by atoms with Gasteiger partial charge >= 0.3 is 18.2 Å². The maximum Gasteiger partial charge on any atom is 0.410 e. The van der Waals surface area contributed by atoms with Crippen LogP contribution in [-0.4, -0.2) is 91.1 Å². The molecule has 0 radical (unpaired) electrons. The van der Waals surface area contributed by atoms with E-state index < -0.39 is 59.6 Å². The highest BCUT2D eigenvalue weighted by Gasteiger charge is 2.47. The van der Waals surface area contributed by atoms with Crippen molar-refractivity contribution in [3.63, 3.8) is 0 Å². The van der Waals surface area contributed by atoms with E-state index in [0.717, 1.165) is 43.2 Å². The number of fused-ring (bicyclic) bond motifs is 2. The van der Waals surface area contributed by atoms with Crippen LogP contribution in [0.1, 0.15) is 77.3 Å². The smallest absolute Gasteiger partial charge is 0.410 e. The summed E-state index contributed by atoms with van der Waals surface area (Å²) in [6.45, 7) is 8.00. The quantitative estimate of drug-likeness (QED) is 0.313. The molecule has 14 nitrogen and oxygen atoms in total. The van der Waals surface area contributed by atoms with E-state index in [-0.39, 0.29) is 32.3 Å². The van der Waals surface area contributed by atoms with Crippen molar-refractivity contribution in [2.75, 3.05) is 27.1 Å². The van der Waals surface area contributed by atoms with Gasteiger partial charge in [0.25, 0.3) is 0 Å². The van der Waals surface area contributed by atoms with Crippen LogP contribution in [-0.2, 0) is 41.7 Å². The number of carbonyl (C=O) groups is 5. The molecule has 1 saturated carbocycles. The van der Waals surface area contributed by atoms with E-state index in [9.17, 15) is 24.0 Å². The molecule has 2 N–H and O–H groups in total. The first kappa shape index (κ1) is 34.1. The molecule has 1 saturated heterocycles. The molecule has 1 unspecified atom stereocenters. The summed E-state index contributed by atoms with van der Waals surface area (Å²) in [6, 6.07) is 0.740. The Morgan fingerprint density at radius 1 is 0.979 bits per heavy atom. The third kappa shape index (κ3) is 7.68. The number of esters is 1. The Bertz CT molecular complexity index is 1340. The van der Waals surface area contributed by atoms with Crippen LogP contribution in [0.15, 0.2) is 12.1 Å². The number of hydrogen-bond donors (Lipinski definition) is 2. The third-order valence-electron chi connectivity index (χ3n) is 9.31. The van der Waals surface area contributed by atoms with Gasteiger partial charge in [-0.1, -0.05) is 40.0 Å². The first-order valence-corrected chi connectivity index (χ1v) is 16.4. The van der Waals surface area contributed by atoms with Crippen molar-refractivity contribution in [3.8, 4) is 11.5 Å². The first-order valence-electron chi connectivity index (χ1n) is 16.4. The number of methoxy groups -OCH3 is 1. The molecular weight excluding hydrogens is 612 g/mol. The van der Waals surface area contributed by atoms with Gasteiger partial charge in [-0.05, 0) is 54.4 Å². The van der Waals surface area contributed by atoms with E-state index in [1.165, 1.54) is 16.9 Å². The fourth-order valence-electron chi connectivity index (χ4n) is 6.83. The number of likely N-dealkylation sites (tertiary alicyclic amines) is 1. The van der Waals surface area contributed by atoms with E-state index in [2.05, 4.69) is 10.6 Å². The minimum absolute atomic E-state index is 0.0425. The number of nitrogens with zero attached hydrogens (tertiary/aromatic N) is 2. The number of rotatable bonds is 8. The van der Waals surface area contributed by atoms with Crippen molar-refractivity contribution < 1.29 is 47.7 Å². The largest absolute Gasteiger partial charge is 0.467 e. The Labute approximate surface area is 274 Å². The van der Waals surface area contributed by atoms with Gasteiger partial charge in [-0.25, -0.2) is 14.4 Å². The first-order chi connectivity index (χ1) is 22.4. The lowest BCUT2D eigenvalue weighted by Crippen LogP contribution is -2.61. The number of nitrogens with one attached hydrogen (secondary N) is 2. The summed E-state index contributed by atoms with van der Waals surface area (Å²) in [6.07, 6.45) is 2.43.